The number of nitrogens with zero attached hydrogens (tertiary/aromatic N) is 3. The monoisotopic (exact) mass is 290 g/mol. The largest absolute Gasteiger partial charge is 0.379 e. The quantitative estimate of drug-likeness (QED) is 0.938. The summed E-state index contributed by atoms with van der Waals surface area (Å²) in [6.07, 6.45) is 6.75. The van der Waals surface area contributed by atoms with Crippen LogP contribution in [0, 0.1) is 0 Å². The number of pyridine rings is 1. The normalized spacial score (nSPS) is 22.6. The standard InChI is InChI=1S/C14H18N4OS/c1-19-12-8-3-2-6-10(12)16-14-18-17-13(20-14)11-7-4-5-9-15-11/h4-5,7,9-10,12H,2-3,6,8H2,1H3,(H,16,18). The lowest BCUT2D eigenvalue weighted by atomic mass is 9.92. The predicted molar refractivity (Wildman–Crippen MR) is 79.8 cm³/mol. The SMILES string of the molecule is COC1CCCCC1Nc1nnc(-c2ccccn2)s1. The van der Waals surface area contributed by atoms with E-state index in [1.165, 1.54) is 12.8 Å². The van der Waals surface area contributed by atoms with Gasteiger partial charge in [-0.25, -0.2) is 0 Å². The third-order valence-electron chi connectivity index (χ3n) is 3.62. The molecule has 0 aliphatic heterocycles. The van der Waals surface area contributed by atoms with Crippen LogP contribution in [0.2, 0.25) is 0 Å². The van der Waals surface area contributed by atoms with Crippen LogP contribution in [0.5, 0.6) is 0 Å². The lowest BCUT2D eigenvalue weighted by Gasteiger charge is -2.30. The molecule has 2 aromatic heterocycles. The van der Waals surface area contributed by atoms with Crippen LogP contribution in [0.3, 0.4) is 0 Å². The molecule has 20 heavy (non-hydrogen) atoms. The highest BCUT2D eigenvalue weighted by Gasteiger charge is 2.25. The summed E-state index contributed by atoms with van der Waals surface area (Å²) in [6.45, 7) is 0. The second-order valence-electron chi connectivity index (χ2n) is 4.94. The van der Waals surface area contributed by atoms with E-state index >= 15 is 0 Å². The Morgan fingerprint density at radius 2 is 2.15 bits per heavy atom. The summed E-state index contributed by atoms with van der Waals surface area (Å²) in [5.74, 6) is 0. The molecular weight excluding hydrogens is 272 g/mol. The molecule has 0 amide bonds. The minimum Gasteiger partial charge on any atom is -0.379 e. The maximum Gasteiger partial charge on any atom is 0.206 e. The Labute approximate surface area is 122 Å². The number of rotatable bonds is 4. The van der Waals surface area contributed by atoms with Crippen molar-refractivity contribution < 1.29 is 4.74 Å². The average molecular weight is 290 g/mol. The first kappa shape index (κ1) is 13.5. The highest BCUT2D eigenvalue weighted by molar-refractivity contribution is 7.18. The number of hydrogen-bond donors (Lipinski definition) is 1. The van der Waals surface area contributed by atoms with Gasteiger partial charge in [-0.1, -0.05) is 30.2 Å². The van der Waals surface area contributed by atoms with Gasteiger partial charge in [0.05, 0.1) is 12.1 Å². The van der Waals surface area contributed by atoms with E-state index in [2.05, 4.69) is 20.5 Å². The van der Waals surface area contributed by atoms with Gasteiger partial charge in [-0.3, -0.25) is 4.98 Å². The van der Waals surface area contributed by atoms with Crippen molar-refractivity contribution in [2.24, 2.45) is 0 Å². The molecule has 2 aromatic rings. The zero-order chi connectivity index (χ0) is 13.8. The van der Waals surface area contributed by atoms with Crippen molar-refractivity contribution in [2.75, 3.05) is 12.4 Å². The van der Waals surface area contributed by atoms with Crippen LogP contribution in [0.4, 0.5) is 5.13 Å². The van der Waals surface area contributed by atoms with Gasteiger partial charge >= 0.3 is 0 Å². The second kappa shape index (κ2) is 6.28. The fourth-order valence-electron chi connectivity index (χ4n) is 2.58. The smallest absolute Gasteiger partial charge is 0.206 e. The van der Waals surface area contributed by atoms with Crippen molar-refractivity contribution in [3.8, 4) is 10.7 Å². The molecule has 2 atom stereocenters. The lowest BCUT2D eigenvalue weighted by Crippen LogP contribution is -2.37. The number of aromatic nitrogens is 3. The lowest BCUT2D eigenvalue weighted by molar-refractivity contribution is 0.0606. The van der Waals surface area contributed by atoms with E-state index in [9.17, 15) is 0 Å². The van der Waals surface area contributed by atoms with E-state index in [4.69, 9.17) is 4.74 Å². The fraction of sp³-hybridized carbons (Fsp3) is 0.500. The summed E-state index contributed by atoms with van der Waals surface area (Å²) in [4.78, 5) is 4.30. The molecule has 106 valence electrons. The van der Waals surface area contributed by atoms with E-state index in [0.29, 0.717) is 6.04 Å². The Bertz CT molecular complexity index is 545. The molecule has 0 radical (unpaired) electrons. The summed E-state index contributed by atoms with van der Waals surface area (Å²) in [5, 5.41) is 13.6. The van der Waals surface area contributed by atoms with Gasteiger partial charge in [0, 0.05) is 13.3 Å². The Morgan fingerprint density at radius 1 is 1.25 bits per heavy atom. The van der Waals surface area contributed by atoms with Crippen LogP contribution in [0.1, 0.15) is 25.7 Å². The van der Waals surface area contributed by atoms with Gasteiger partial charge < -0.3 is 10.1 Å². The minimum atomic E-state index is 0.269. The molecule has 2 unspecified atom stereocenters. The topological polar surface area (TPSA) is 59.9 Å². The van der Waals surface area contributed by atoms with Crippen LogP contribution in [0.15, 0.2) is 24.4 Å². The first-order valence-electron chi connectivity index (χ1n) is 6.91. The predicted octanol–water partition coefficient (Wildman–Crippen LogP) is 2.97. The maximum absolute atomic E-state index is 5.55. The Kier molecular flexibility index (Phi) is 4.22. The first-order valence-corrected chi connectivity index (χ1v) is 7.72. The molecule has 1 aliphatic rings. The number of ether oxygens (including phenoxy) is 1. The molecule has 0 saturated heterocycles. The van der Waals surface area contributed by atoms with Gasteiger partial charge in [-0.05, 0) is 25.0 Å². The van der Waals surface area contributed by atoms with Gasteiger partial charge in [0.15, 0.2) is 5.01 Å². The summed E-state index contributed by atoms with van der Waals surface area (Å²) >= 11 is 1.54. The van der Waals surface area contributed by atoms with Crippen LogP contribution in [-0.2, 0) is 4.74 Å². The van der Waals surface area contributed by atoms with Crippen molar-refractivity contribution in [1.82, 2.24) is 15.2 Å². The number of methoxy groups -OCH3 is 1. The van der Waals surface area contributed by atoms with Crippen molar-refractivity contribution in [3.05, 3.63) is 24.4 Å². The third kappa shape index (κ3) is 2.96. The number of nitrogens with one attached hydrogen (secondary N) is 1. The maximum atomic E-state index is 5.55. The Balaban J connectivity index is 1.71. The third-order valence-corrected chi connectivity index (χ3v) is 4.50. The number of hydrogen-bond acceptors (Lipinski definition) is 6. The molecule has 3 rings (SSSR count). The van der Waals surface area contributed by atoms with E-state index in [1.54, 1.807) is 24.6 Å². The van der Waals surface area contributed by atoms with Crippen molar-refractivity contribution in [2.45, 2.75) is 37.8 Å². The molecule has 1 saturated carbocycles. The van der Waals surface area contributed by atoms with Crippen LogP contribution >= 0.6 is 11.3 Å². The van der Waals surface area contributed by atoms with E-state index in [0.717, 1.165) is 28.7 Å². The molecule has 5 nitrogen and oxygen atoms in total. The summed E-state index contributed by atoms with van der Waals surface area (Å²) < 4.78 is 5.55. The van der Waals surface area contributed by atoms with E-state index < -0.39 is 0 Å². The highest BCUT2D eigenvalue weighted by atomic mass is 32.1. The van der Waals surface area contributed by atoms with Gasteiger partial charge in [-0.15, -0.1) is 10.2 Å². The average Bonchev–Trinajstić information content (AvgIpc) is 2.97. The molecule has 6 heteroatoms. The summed E-state index contributed by atoms with van der Waals surface area (Å²) in [6, 6.07) is 6.13. The summed E-state index contributed by atoms with van der Waals surface area (Å²) in [7, 11) is 1.78. The van der Waals surface area contributed by atoms with E-state index in [-0.39, 0.29) is 6.10 Å². The van der Waals surface area contributed by atoms with Gasteiger partial charge in [0.25, 0.3) is 0 Å². The molecule has 1 N–H and O–H groups in total. The van der Waals surface area contributed by atoms with Gasteiger partial charge in [-0.2, -0.15) is 0 Å². The summed E-state index contributed by atoms with van der Waals surface area (Å²) in [5.41, 5.74) is 0.866. The Morgan fingerprint density at radius 3 is 2.95 bits per heavy atom. The molecule has 0 spiro atoms. The molecule has 1 fully saturated rings. The zero-order valence-corrected chi connectivity index (χ0v) is 12.3. The van der Waals surface area contributed by atoms with Crippen molar-refractivity contribution in [1.29, 1.82) is 0 Å². The molecule has 1 aliphatic carbocycles. The fourth-order valence-corrected chi connectivity index (χ4v) is 3.36. The number of anilines is 1. The van der Waals surface area contributed by atoms with Gasteiger partial charge in [0.2, 0.25) is 5.13 Å². The molecule has 0 bridgehead atoms. The molecule has 2 heterocycles. The van der Waals surface area contributed by atoms with Crippen LogP contribution in [-0.4, -0.2) is 34.4 Å². The van der Waals surface area contributed by atoms with Crippen LogP contribution < -0.4 is 5.32 Å². The first-order chi connectivity index (χ1) is 9.86. The van der Waals surface area contributed by atoms with Crippen molar-refractivity contribution in [3.63, 3.8) is 0 Å². The zero-order valence-electron chi connectivity index (χ0n) is 11.5. The van der Waals surface area contributed by atoms with E-state index in [1.807, 2.05) is 18.2 Å². The molecule has 0 aromatic carbocycles. The Hall–Kier alpha value is -1.53. The minimum absolute atomic E-state index is 0.269. The molecular formula is C14H18N4OS. The second-order valence-corrected chi connectivity index (χ2v) is 5.91. The highest BCUT2D eigenvalue weighted by Crippen LogP contribution is 2.28. The van der Waals surface area contributed by atoms with Crippen molar-refractivity contribution >= 4 is 16.5 Å². The van der Waals surface area contributed by atoms with Crippen LogP contribution in [0.25, 0.3) is 10.7 Å². The van der Waals surface area contributed by atoms with Gasteiger partial charge in [0.1, 0.15) is 5.69 Å².